The van der Waals surface area contributed by atoms with Gasteiger partial charge in [0.25, 0.3) is 0 Å². The number of thiophene rings is 1. The first-order valence-corrected chi connectivity index (χ1v) is 19.5. The molecule has 1 radical (unpaired) electrons. The van der Waals surface area contributed by atoms with Gasteiger partial charge in [-0.25, -0.2) is 4.39 Å². The summed E-state index contributed by atoms with van der Waals surface area (Å²) < 4.78 is 15.6. The van der Waals surface area contributed by atoms with Gasteiger partial charge in [-0.15, -0.1) is 59.7 Å². The fourth-order valence-electron chi connectivity index (χ4n) is 5.46. The van der Waals surface area contributed by atoms with E-state index < -0.39 is 8.07 Å². The monoisotopic (exact) mass is 815 g/mol. The van der Waals surface area contributed by atoms with Crippen LogP contribution in [0.25, 0.3) is 53.8 Å². The van der Waals surface area contributed by atoms with Gasteiger partial charge in [-0.3, -0.25) is 0 Å². The van der Waals surface area contributed by atoms with Crippen molar-refractivity contribution in [1.29, 1.82) is 0 Å². The summed E-state index contributed by atoms with van der Waals surface area (Å²) in [5, 5.41) is 3.62. The number of hydrogen-bond acceptors (Lipinski definition) is 3. The molecule has 0 N–H and O–H groups in total. The largest absolute Gasteiger partial charge is 0.305 e. The maximum absolute atomic E-state index is 13.5. The van der Waals surface area contributed by atoms with E-state index in [1.54, 1.807) is 17.4 Å². The van der Waals surface area contributed by atoms with Gasteiger partial charge >= 0.3 is 0 Å². The molecule has 0 aliphatic carbocycles. The zero-order valence-electron chi connectivity index (χ0n) is 26.6. The van der Waals surface area contributed by atoms with Gasteiger partial charge in [-0.05, 0) is 61.9 Å². The molecule has 4 aromatic carbocycles. The van der Waals surface area contributed by atoms with Gasteiger partial charge < -0.3 is 9.97 Å². The Morgan fingerprint density at radius 3 is 2.26 bits per heavy atom. The predicted molar refractivity (Wildman–Crippen MR) is 192 cm³/mol. The molecular formula is C40H35FIrN2SSi-2. The molecule has 3 aromatic heterocycles. The standard InChI is InChI=1S/C20H15FNS.C20H20NSi.Ir/c1-12(2)13-8-9-22-18(10-13)17-5-3-4-16-15-7-6-14(21)11-19(15)23-20(16)17;1-22(2,3)20-15-21-19(17-12-8-5-9-13-17)14-18(20)16-10-6-4-7-11-16;/h3-4,6-12H,1-2H3;4-12,14-15H,1-3H3;/q2*-1;. The zero-order valence-corrected chi connectivity index (χ0v) is 30.8. The maximum atomic E-state index is 13.5. The fourth-order valence-corrected chi connectivity index (χ4v) is 8.17. The second-order valence-electron chi connectivity index (χ2n) is 12.5. The summed E-state index contributed by atoms with van der Waals surface area (Å²) in [5.74, 6) is 0.252. The van der Waals surface area contributed by atoms with Crippen LogP contribution in [0.1, 0.15) is 25.3 Å². The average molecular weight is 815 g/mol. The molecule has 0 unspecified atom stereocenters. The van der Waals surface area contributed by atoms with Gasteiger partial charge in [-0.1, -0.05) is 93.0 Å². The smallest absolute Gasteiger partial charge is 0.124 e. The van der Waals surface area contributed by atoms with Gasteiger partial charge in [0.15, 0.2) is 0 Å². The van der Waals surface area contributed by atoms with Gasteiger partial charge in [-0.2, -0.15) is 11.3 Å². The Bertz CT molecular complexity index is 2090. The molecule has 3 heterocycles. The summed E-state index contributed by atoms with van der Waals surface area (Å²) in [7, 11) is -1.46. The minimum Gasteiger partial charge on any atom is -0.305 e. The minimum atomic E-state index is -1.46. The van der Waals surface area contributed by atoms with Crippen molar-refractivity contribution in [3.63, 3.8) is 0 Å². The van der Waals surface area contributed by atoms with Crippen LogP contribution >= 0.6 is 11.3 Å². The van der Waals surface area contributed by atoms with Crippen LogP contribution in [0.5, 0.6) is 0 Å². The molecule has 0 saturated carbocycles. The first-order chi connectivity index (χ1) is 21.7. The third-order valence-electron chi connectivity index (χ3n) is 7.88. The minimum absolute atomic E-state index is 0. The Hall–Kier alpha value is -3.80. The van der Waals surface area contributed by atoms with Crippen LogP contribution in [0.3, 0.4) is 0 Å². The van der Waals surface area contributed by atoms with Crippen LogP contribution < -0.4 is 5.19 Å². The van der Waals surface area contributed by atoms with Gasteiger partial charge in [0.1, 0.15) is 5.82 Å². The van der Waals surface area contributed by atoms with Crippen molar-refractivity contribution in [1.82, 2.24) is 9.97 Å². The van der Waals surface area contributed by atoms with E-state index in [9.17, 15) is 4.39 Å². The normalized spacial score (nSPS) is 11.3. The molecular weight excluding hydrogens is 780 g/mol. The van der Waals surface area contributed by atoms with Crippen molar-refractivity contribution in [2.45, 2.75) is 39.4 Å². The summed E-state index contributed by atoms with van der Waals surface area (Å²) in [6.07, 6.45) is 3.93. The van der Waals surface area contributed by atoms with E-state index in [0.29, 0.717) is 5.92 Å². The van der Waals surface area contributed by atoms with Crippen LogP contribution in [0, 0.1) is 17.9 Å². The third kappa shape index (κ3) is 7.27. The molecule has 6 heteroatoms. The number of halogens is 1. The molecule has 2 nitrogen and oxygen atoms in total. The van der Waals surface area contributed by atoms with Crippen molar-refractivity contribution < 1.29 is 24.5 Å². The Morgan fingerprint density at radius 1 is 0.761 bits per heavy atom. The Kier molecular flexibility index (Phi) is 10.4. The SMILES string of the molecule is CC(C)c1ccnc(-c2[c-]ccc3c2sc2cc(F)ccc23)c1.C[Si](C)(C)c1cnc(-c2[c-]cccc2)cc1-c1ccccc1.[Ir]. The Morgan fingerprint density at radius 2 is 1.54 bits per heavy atom. The molecule has 0 aliphatic rings. The van der Waals surface area contributed by atoms with E-state index >= 15 is 0 Å². The molecule has 0 bridgehead atoms. The number of benzene rings is 4. The molecule has 0 spiro atoms. The Balaban J connectivity index is 0.000000178. The second-order valence-corrected chi connectivity index (χ2v) is 18.6. The van der Waals surface area contributed by atoms with Crippen molar-refractivity contribution in [2.24, 2.45) is 0 Å². The maximum Gasteiger partial charge on any atom is 0.124 e. The second kappa shape index (κ2) is 14.3. The quantitative estimate of drug-likeness (QED) is 0.128. The van der Waals surface area contributed by atoms with Crippen molar-refractivity contribution >= 4 is 44.8 Å². The van der Waals surface area contributed by atoms with Crippen molar-refractivity contribution in [3.05, 3.63) is 139 Å². The van der Waals surface area contributed by atoms with E-state index in [4.69, 9.17) is 4.98 Å². The van der Waals surface area contributed by atoms with E-state index in [0.717, 1.165) is 42.7 Å². The van der Waals surface area contributed by atoms with E-state index in [-0.39, 0.29) is 25.9 Å². The molecule has 233 valence electrons. The number of pyridine rings is 2. The van der Waals surface area contributed by atoms with Crippen molar-refractivity contribution in [3.8, 4) is 33.6 Å². The molecule has 46 heavy (non-hydrogen) atoms. The van der Waals surface area contributed by atoms with Crippen LogP contribution in [0.4, 0.5) is 4.39 Å². The average Bonchev–Trinajstić information content (AvgIpc) is 3.43. The molecule has 0 aliphatic heterocycles. The van der Waals surface area contributed by atoms with Gasteiger partial charge in [0.05, 0.1) is 8.07 Å². The summed E-state index contributed by atoms with van der Waals surface area (Å²) in [5.41, 5.74) is 7.78. The van der Waals surface area contributed by atoms with Crippen LogP contribution in [-0.2, 0) is 20.1 Å². The summed E-state index contributed by atoms with van der Waals surface area (Å²) >= 11 is 1.60. The number of nitrogens with zero attached hydrogens (tertiary/aromatic N) is 2. The summed E-state index contributed by atoms with van der Waals surface area (Å²) in [6.45, 7) is 11.4. The van der Waals surface area contributed by atoms with Crippen LogP contribution in [0.2, 0.25) is 19.6 Å². The van der Waals surface area contributed by atoms with Crippen LogP contribution in [-0.4, -0.2) is 18.0 Å². The zero-order chi connectivity index (χ0) is 31.6. The molecule has 7 rings (SSSR count). The first-order valence-electron chi connectivity index (χ1n) is 15.2. The molecule has 0 saturated heterocycles. The number of fused-ring (bicyclic) bond motifs is 3. The van der Waals surface area contributed by atoms with Crippen molar-refractivity contribution in [2.75, 3.05) is 0 Å². The number of hydrogen-bond donors (Lipinski definition) is 0. The van der Waals surface area contributed by atoms with Gasteiger partial charge in [0, 0.05) is 37.2 Å². The van der Waals surface area contributed by atoms with E-state index in [1.165, 1.54) is 27.9 Å². The molecule has 0 atom stereocenters. The number of rotatable bonds is 5. The fraction of sp³-hybridized carbons (Fsp3) is 0.150. The Labute approximate surface area is 289 Å². The van der Waals surface area contributed by atoms with Gasteiger partial charge in [0.2, 0.25) is 0 Å². The third-order valence-corrected chi connectivity index (χ3v) is 11.1. The summed E-state index contributed by atoms with van der Waals surface area (Å²) in [6, 6.07) is 40.5. The number of aromatic nitrogens is 2. The summed E-state index contributed by atoms with van der Waals surface area (Å²) in [4.78, 5) is 9.24. The van der Waals surface area contributed by atoms with Crippen LogP contribution in [0.15, 0.2) is 116 Å². The van der Waals surface area contributed by atoms with E-state index in [1.807, 2.05) is 42.6 Å². The molecule has 0 fully saturated rings. The molecule has 7 aromatic rings. The molecule has 0 amide bonds. The predicted octanol–water partition coefficient (Wildman–Crippen LogP) is 10.9. The van der Waals surface area contributed by atoms with E-state index in [2.05, 4.69) is 111 Å². The first kappa shape index (κ1) is 33.6. The topological polar surface area (TPSA) is 25.8 Å².